The molecule has 1 aromatic carbocycles. The van der Waals surface area contributed by atoms with Crippen LogP contribution in [0.1, 0.15) is 0 Å². The van der Waals surface area contributed by atoms with E-state index in [0.717, 1.165) is 19.6 Å². The smallest absolute Gasteiger partial charge is 0.321 e. The van der Waals surface area contributed by atoms with Crippen molar-refractivity contribution in [3.63, 3.8) is 0 Å². The highest BCUT2D eigenvalue weighted by Crippen LogP contribution is 2.25. The number of amides is 2. The molecule has 0 atom stereocenters. The lowest BCUT2D eigenvalue weighted by Crippen LogP contribution is -2.50. The zero-order valence-electron chi connectivity index (χ0n) is 11.1. The molecule has 1 aromatic rings. The van der Waals surface area contributed by atoms with Crippen molar-refractivity contribution in [1.29, 1.82) is 0 Å². The molecule has 1 heterocycles. The van der Waals surface area contributed by atoms with Gasteiger partial charge in [-0.1, -0.05) is 23.2 Å². The molecule has 1 aliphatic heterocycles. The maximum absolute atomic E-state index is 12.2. The maximum Gasteiger partial charge on any atom is 0.321 e. The molecule has 0 bridgehead atoms. The molecule has 110 valence electrons. The van der Waals surface area contributed by atoms with Crippen LogP contribution in [0.5, 0.6) is 0 Å². The van der Waals surface area contributed by atoms with E-state index in [4.69, 9.17) is 28.9 Å². The third-order valence-electron chi connectivity index (χ3n) is 3.27. The van der Waals surface area contributed by atoms with E-state index in [0.29, 0.717) is 35.4 Å². The summed E-state index contributed by atoms with van der Waals surface area (Å²) in [5, 5.41) is 3.81. The van der Waals surface area contributed by atoms with Gasteiger partial charge < -0.3 is 16.0 Å². The second-order valence-corrected chi connectivity index (χ2v) is 5.52. The first-order chi connectivity index (χ1) is 9.60. The minimum Gasteiger partial charge on any atom is -0.329 e. The number of hydrogen-bond acceptors (Lipinski definition) is 3. The molecule has 20 heavy (non-hydrogen) atoms. The Morgan fingerprint density at radius 1 is 1.25 bits per heavy atom. The Morgan fingerprint density at radius 3 is 2.60 bits per heavy atom. The van der Waals surface area contributed by atoms with Crippen LogP contribution in [-0.2, 0) is 0 Å². The van der Waals surface area contributed by atoms with Crippen molar-refractivity contribution >= 4 is 34.9 Å². The van der Waals surface area contributed by atoms with Gasteiger partial charge in [-0.25, -0.2) is 4.79 Å². The number of carbonyl (C=O) groups excluding carboxylic acids is 1. The van der Waals surface area contributed by atoms with Crippen molar-refractivity contribution in [3.05, 3.63) is 28.2 Å². The van der Waals surface area contributed by atoms with Crippen molar-refractivity contribution < 1.29 is 4.79 Å². The quantitative estimate of drug-likeness (QED) is 0.897. The Labute approximate surface area is 128 Å². The molecule has 5 nitrogen and oxygen atoms in total. The Hall–Kier alpha value is -1.01. The van der Waals surface area contributed by atoms with Crippen LogP contribution in [0.3, 0.4) is 0 Å². The zero-order chi connectivity index (χ0) is 14.5. The summed E-state index contributed by atoms with van der Waals surface area (Å²) in [6.07, 6.45) is 0. The second kappa shape index (κ2) is 7.13. The molecule has 0 saturated carbocycles. The van der Waals surface area contributed by atoms with Gasteiger partial charge in [-0.2, -0.15) is 0 Å². The molecule has 2 rings (SSSR count). The number of carbonyl (C=O) groups is 1. The van der Waals surface area contributed by atoms with Gasteiger partial charge in [0.15, 0.2) is 0 Å². The number of rotatable bonds is 3. The molecule has 0 unspecified atom stereocenters. The summed E-state index contributed by atoms with van der Waals surface area (Å²) in [4.78, 5) is 16.2. The van der Waals surface area contributed by atoms with E-state index in [2.05, 4.69) is 10.2 Å². The first kappa shape index (κ1) is 15.4. The predicted octanol–water partition coefficient (Wildman–Crippen LogP) is 2.10. The van der Waals surface area contributed by atoms with Gasteiger partial charge in [-0.05, 0) is 18.2 Å². The summed E-state index contributed by atoms with van der Waals surface area (Å²) in [5.41, 5.74) is 6.06. The van der Waals surface area contributed by atoms with Gasteiger partial charge in [0.25, 0.3) is 0 Å². The van der Waals surface area contributed by atoms with Crippen molar-refractivity contribution in [3.8, 4) is 0 Å². The van der Waals surface area contributed by atoms with Gasteiger partial charge in [0.05, 0.1) is 10.7 Å². The first-order valence-electron chi connectivity index (χ1n) is 6.53. The van der Waals surface area contributed by atoms with Crippen LogP contribution in [0, 0.1) is 0 Å². The highest BCUT2D eigenvalue weighted by molar-refractivity contribution is 6.35. The number of benzene rings is 1. The van der Waals surface area contributed by atoms with Gasteiger partial charge in [0.2, 0.25) is 0 Å². The monoisotopic (exact) mass is 316 g/mol. The Kier molecular flexibility index (Phi) is 5.48. The fraction of sp³-hybridized carbons (Fsp3) is 0.462. The molecule has 1 fully saturated rings. The topological polar surface area (TPSA) is 61.6 Å². The summed E-state index contributed by atoms with van der Waals surface area (Å²) >= 11 is 11.9. The lowest BCUT2D eigenvalue weighted by atomic mass is 10.3. The average Bonchev–Trinajstić information content (AvgIpc) is 2.44. The van der Waals surface area contributed by atoms with Crippen molar-refractivity contribution in [2.24, 2.45) is 5.73 Å². The standard InChI is InChI=1S/C13H18Cl2N4O/c14-10-1-2-11(15)12(9-10)17-13(20)19-7-5-18(4-3-16)6-8-19/h1-2,9H,3-8,16H2,(H,17,20). The van der Waals surface area contributed by atoms with E-state index in [1.807, 2.05) is 0 Å². The molecule has 1 aliphatic rings. The molecule has 7 heteroatoms. The van der Waals surface area contributed by atoms with Gasteiger partial charge >= 0.3 is 6.03 Å². The third-order valence-corrected chi connectivity index (χ3v) is 3.84. The number of piperazine rings is 1. The van der Waals surface area contributed by atoms with Crippen molar-refractivity contribution in [1.82, 2.24) is 9.80 Å². The molecule has 0 aromatic heterocycles. The van der Waals surface area contributed by atoms with Crippen molar-refractivity contribution in [2.45, 2.75) is 0 Å². The third kappa shape index (κ3) is 3.99. The van der Waals surface area contributed by atoms with Crippen molar-refractivity contribution in [2.75, 3.05) is 44.6 Å². The van der Waals surface area contributed by atoms with E-state index in [1.165, 1.54) is 0 Å². The number of hydrogen-bond donors (Lipinski definition) is 2. The second-order valence-electron chi connectivity index (χ2n) is 4.67. The molecule has 3 N–H and O–H groups in total. The summed E-state index contributed by atoms with van der Waals surface area (Å²) in [6, 6.07) is 4.84. The number of urea groups is 1. The Morgan fingerprint density at radius 2 is 1.95 bits per heavy atom. The molecule has 0 radical (unpaired) electrons. The summed E-state index contributed by atoms with van der Waals surface area (Å²) < 4.78 is 0. The number of nitrogens with two attached hydrogens (primary N) is 1. The van der Waals surface area contributed by atoms with Crippen LogP contribution in [0.15, 0.2) is 18.2 Å². The van der Waals surface area contributed by atoms with Crippen LogP contribution >= 0.6 is 23.2 Å². The van der Waals surface area contributed by atoms with Crippen LogP contribution in [0.2, 0.25) is 10.0 Å². The minimum absolute atomic E-state index is 0.151. The Balaban J connectivity index is 1.91. The summed E-state index contributed by atoms with van der Waals surface area (Å²) in [6.45, 7) is 4.57. The van der Waals surface area contributed by atoms with Crippen LogP contribution < -0.4 is 11.1 Å². The minimum atomic E-state index is -0.151. The fourth-order valence-corrected chi connectivity index (χ4v) is 2.48. The van der Waals surface area contributed by atoms with Crippen LogP contribution in [0.25, 0.3) is 0 Å². The molecule has 2 amide bonds. The maximum atomic E-state index is 12.2. The van der Waals surface area contributed by atoms with Crippen LogP contribution in [-0.4, -0.2) is 55.1 Å². The lowest BCUT2D eigenvalue weighted by molar-refractivity contribution is 0.149. The number of anilines is 1. The van der Waals surface area contributed by atoms with E-state index in [-0.39, 0.29) is 6.03 Å². The Bertz CT molecular complexity index is 475. The molecular weight excluding hydrogens is 299 g/mol. The summed E-state index contributed by atoms with van der Waals surface area (Å²) in [7, 11) is 0. The van der Waals surface area contributed by atoms with Gasteiger partial charge in [0.1, 0.15) is 0 Å². The predicted molar refractivity (Wildman–Crippen MR) is 82.5 cm³/mol. The van der Waals surface area contributed by atoms with E-state index in [1.54, 1.807) is 23.1 Å². The number of nitrogens with one attached hydrogen (secondary N) is 1. The van der Waals surface area contributed by atoms with Gasteiger partial charge in [-0.3, -0.25) is 4.90 Å². The van der Waals surface area contributed by atoms with E-state index >= 15 is 0 Å². The molecule has 0 aliphatic carbocycles. The number of nitrogens with zero attached hydrogens (tertiary/aromatic N) is 2. The molecular formula is C13H18Cl2N4O. The van der Waals surface area contributed by atoms with Crippen LogP contribution in [0.4, 0.5) is 10.5 Å². The molecule has 1 saturated heterocycles. The largest absolute Gasteiger partial charge is 0.329 e. The molecule has 0 spiro atoms. The van der Waals surface area contributed by atoms with Gasteiger partial charge in [-0.15, -0.1) is 0 Å². The highest BCUT2D eigenvalue weighted by atomic mass is 35.5. The van der Waals surface area contributed by atoms with E-state index in [9.17, 15) is 4.79 Å². The van der Waals surface area contributed by atoms with E-state index < -0.39 is 0 Å². The summed E-state index contributed by atoms with van der Waals surface area (Å²) in [5.74, 6) is 0. The fourth-order valence-electron chi connectivity index (χ4n) is 2.14. The average molecular weight is 317 g/mol. The number of halogens is 2. The first-order valence-corrected chi connectivity index (χ1v) is 7.29. The highest BCUT2D eigenvalue weighted by Gasteiger charge is 2.21. The van der Waals surface area contributed by atoms with Gasteiger partial charge in [0, 0.05) is 44.3 Å². The normalized spacial score (nSPS) is 16.2. The zero-order valence-corrected chi connectivity index (χ0v) is 12.6. The lowest BCUT2D eigenvalue weighted by Gasteiger charge is -2.34. The SMILES string of the molecule is NCCN1CCN(C(=O)Nc2cc(Cl)ccc2Cl)CC1.